The van der Waals surface area contributed by atoms with Crippen LogP contribution in [0.25, 0.3) is 33.0 Å². The number of fused-ring (bicyclic) bond motifs is 3. The molecule has 0 unspecified atom stereocenters. The molecule has 0 amide bonds. The molecular weight excluding hydrogens is 374 g/mol. The SMILES string of the molecule is COc1ccc2nc3cc(Cl)ccc3c(NCc3nc4ccccc4[nH]3)c2n1. The Labute approximate surface area is 165 Å². The van der Waals surface area contributed by atoms with Crippen molar-refractivity contribution in [1.29, 1.82) is 0 Å². The Morgan fingerprint density at radius 3 is 2.71 bits per heavy atom. The third-order valence-corrected chi connectivity index (χ3v) is 4.87. The van der Waals surface area contributed by atoms with E-state index in [0.29, 0.717) is 17.4 Å². The Bertz CT molecular complexity index is 1300. The van der Waals surface area contributed by atoms with E-state index in [1.165, 1.54) is 0 Å². The van der Waals surface area contributed by atoms with Crippen LogP contribution in [0.3, 0.4) is 0 Å². The number of benzene rings is 2. The van der Waals surface area contributed by atoms with Crippen LogP contribution in [0.15, 0.2) is 54.6 Å². The first kappa shape index (κ1) is 16.8. The van der Waals surface area contributed by atoms with Gasteiger partial charge < -0.3 is 15.0 Å². The number of nitrogens with zero attached hydrogens (tertiary/aromatic N) is 3. The summed E-state index contributed by atoms with van der Waals surface area (Å²) in [6.45, 7) is 0.518. The minimum Gasteiger partial charge on any atom is -0.481 e. The summed E-state index contributed by atoms with van der Waals surface area (Å²) in [6, 6.07) is 17.3. The van der Waals surface area contributed by atoms with Crippen molar-refractivity contribution in [2.75, 3.05) is 12.4 Å². The lowest BCUT2D eigenvalue weighted by Crippen LogP contribution is -2.04. The summed E-state index contributed by atoms with van der Waals surface area (Å²) in [5, 5.41) is 5.07. The molecule has 0 aliphatic carbocycles. The van der Waals surface area contributed by atoms with E-state index in [4.69, 9.17) is 21.3 Å². The second kappa shape index (κ2) is 6.65. The molecule has 28 heavy (non-hydrogen) atoms. The van der Waals surface area contributed by atoms with Crippen LogP contribution in [0.5, 0.6) is 5.88 Å². The van der Waals surface area contributed by atoms with E-state index in [2.05, 4.69) is 20.3 Å². The van der Waals surface area contributed by atoms with Crippen molar-refractivity contribution in [2.24, 2.45) is 0 Å². The topological polar surface area (TPSA) is 75.7 Å². The summed E-state index contributed by atoms with van der Waals surface area (Å²) in [6.07, 6.45) is 0. The standard InChI is InChI=1S/C21H16ClN5O/c1-28-19-9-8-16-21(27-19)20(13-7-6-12(22)10-17(13)24-16)23-11-18-25-14-4-2-3-5-15(14)26-18/h2-10H,11H2,1H3,(H,23,24)(H,25,26). The van der Waals surface area contributed by atoms with Crippen molar-refractivity contribution < 1.29 is 4.74 Å². The zero-order valence-electron chi connectivity index (χ0n) is 15.0. The van der Waals surface area contributed by atoms with Crippen LogP contribution in [0.1, 0.15) is 5.82 Å². The Balaban J connectivity index is 1.63. The molecule has 0 bridgehead atoms. The maximum atomic E-state index is 6.18. The van der Waals surface area contributed by atoms with Gasteiger partial charge in [0.2, 0.25) is 5.88 Å². The molecule has 0 fully saturated rings. The molecule has 5 rings (SSSR count). The van der Waals surface area contributed by atoms with E-state index in [9.17, 15) is 0 Å². The van der Waals surface area contributed by atoms with Crippen molar-refractivity contribution in [3.8, 4) is 5.88 Å². The van der Waals surface area contributed by atoms with E-state index in [1.807, 2.05) is 48.5 Å². The molecule has 0 spiro atoms. The van der Waals surface area contributed by atoms with Gasteiger partial charge in [-0.1, -0.05) is 23.7 Å². The largest absolute Gasteiger partial charge is 0.481 e. The van der Waals surface area contributed by atoms with Gasteiger partial charge in [-0.3, -0.25) is 0 Å². The van der Waals surface area contributed by atoms with Gasteiger partial charge in [0.05, 0.1) is 41.4 Å². The fraction of sp³-hybridized carbons (Fsp3) is 0.0952. The van der Waals surface area contributed by atoms with Gasteiger partial charge in [-0.15, -0.1) is 0 Å². The number of hydrogen-bond acceptors (Lipinski definition) is 5. The molecule has 6 nitrogen and oxygen atoms in total. The number of methoxy groups -OCH3 is 1. The van der Waals surface area contributed by atoms with Crippen molar-refractivity contribution in [2.45, 2.75) is 6.54 Å². The second-order valence-electron chi connectivity index (χ2n) is 6.42. The lowest BCUT2D eigenvalue weighted by molar-refractivity contribution is 0.399. The molecule has 3 aromatic heterocycles. The quantitative estimate of drug-likeness (QED) is 0.426. The summed E-state index contributed by atoms with van der Waals surface area (Å²) in [5.74, 6) is 1.38. The highest BCUT2D eigenvalue weighted by Crippen LogP contribution is 2.32. The number of nitrogens with one attached hydrogen (secondary N) is 2. The van der Waals surface area contributed by atoms with Gasteiger partial charge in [-0.2, -0.15) is 0 Å². The number of halogens is 1. The molecule has 7 heteroatoms. The summed E-state index contributed by atoms with van der Waals surface area (Å²) in [4.78, 5) is 17.3. The van der Waals surface area contributed by atoms with Crippen LogP contribution in [-0.4, -0.2) is 27.0 Å². The number of aromatic nitrogens is 4. The van der Waals surface area contributed by atoms with Crippen LogP contribution in [0, 0.1) is 0 Å². The monoisotopic (exact) mass is 389 g/mol. The zero-order valence-corrected chi connectivity index (χ0v) is 15.8. The lowest BCUT2D eigenvalue weighted by Gasteiger charge is -2.12. The zero-order chi connectivity index (χ0) is 19.1. The number of aromatic amines is 1. The molecule has 138 valence electrons. The van der Waals surface area contributed by atoms with Crippen molar-refractivity contribution in [3.63, 3.8) is 0 Å². The number of imidazole rings is 1. The van der Waals surface area contributed by atoms with Gasteiger partial charge in [-0.05, 0) is 36.4 Å². The first-order valence-electron chi connectivity index (χ1n) is 8.83. The summed E-state index contributed by atoms with van der Waals surface area (Å²) < 4.78 is 5.30. The van der Waals surface area contributed by atoms with E-state index < -0.39 is 0 Å². The van der Waals surface area contributed by atoms with Gasteiger partial charge in [0.15, 0.2) is 0 Å². The maximum Gasteiger partial charge on any atom is 0.213 e. The number of pyridine rings is 2. The van der Waals surface area contributed by atoms with E-state index in [0.717, 1.165) is 44.5 Å². The Kier molecular flexibility index (Phi) is 3.98. The Morgan fingerprint density at radius 1 is 0.964 bits per heavy atom. The number of ether oxygens (including phenoxy) is 1. The van der Waals surface area contributed by atoms with Crippen LogP contribution in [0.2, 0.25) is 5.02 Å². The van der Waals surface area contributed by atoms with Crippen LogP contribution in [0.4, 0.5) is 5.69 Å². The van der Waals surface area contributed by atoms with Crippen molar-refractivity contribution in [1.82, 2.24) is 19.9 Å². The van der Waals surface area contributed by atoms with E-state index in [-0.39, 0.29) is 0 Å². The molecule has 0 aliphatic heterocycles. The highest BCUT2D eigenvalue weighted by molar-refractivity contribution is 6.31. The number of hydrogen-bond donors (Lipinski definition) is 2. The van der Waals surface area contributed by atoms with Crippen LogP contribution in [-0.2, 0) is 6.54 Å². The maximum absolute atomic E-state index is 6.18. The molecule has 0 saturated carbocycles. The second-order valence-corrected chi connectivity index (χ2v) is 6.86. The normalized spacial score (nSPS) is 11.4. The van der Waals surface area contributed by atoms with Gasteiger partial charge in [0.25, 0.3) is 0 Å². The van der Waals surface area contributed by atoms with Gasteiger partial charge >= 0.3 is 0 Å². The summed E-state index contributed by atoms with van der Waals surface area (Å²) in [5.41, 5.74) is 5.13. The summed E-state index contributed by atoms with van der Waals surface area (Å²) >= 11 is 6.18. The molecule has 0 saturated heterocycles. The van der Waals surface area contributed by atoms with Crippen LogP contribution >= 0.6 is 11.6 Å². The minimum atomic E-state index is 0.518. The minimum absolute atomic E-state index is 0.518. The molecule has 2 aromatic carbocycles. The molecule has 0 aliphatic rings. The van der Waals surface area contributed by atoms with Crippen molar-refractivity contribution >= 4 is 50.3 Å². The summed E-state index contributed by atoms with van der Waals surface area (Å²) in [7, 11) is 1.60. The molecule has 0 radical (unpaired) electrons. The number of anilines is 1. The van der Waals surface area contributed by atoms with Gasteiger partial charge in [0, 0.05) is 16.5 Å². The first-order chi connectivity index (χ1) is 13.7. The highest BCUT2D eigenvalue weighted by Gasteiger charge is 2.13. The predicted molar refractivity (Wildman–Crippen MR) is 112 cm³/mol. The smallest absolute Gasteiger partial charge is 0.213 e. The third kappa shape index (κ3) is 2.88. The van der Waals surface area contributed by atoms with Crippen LogP contribution < -0.4 is 10.1 Å². The number of para-hydroxylation sites is 2. The molecule has 2 N–H and O–H groups in total. The molecule has 5 aromatic rings. The average Bonchev–Trinajstić information content (AvgIpc) is 3.13. The fourth-order valence-electron chi connectivity index (χ4n) is 3.33. The lowest BCUT2D eigenvalue weighted by atomic mass is 10.1. The fourth-order valence-corrected chi connectivity index (χ4v) is 3.49. The van der Waals surface area contributed by atoms with Gasteiger partial charge in [-0.25, -0.2) is 15.0 Å². The molecule has 0 atom stereocenters. The molecular formula is C21H16ClN5O. The molecule has 3 heterocycles. The van der Waals surface area contributed by atoms with E-state index >= 15 is 0 Å². The predicted octanol–water partition coefficient (Wildman–Crippen LogP) is 4.93. The third-order valence-electron chi connectivity index (χ3n) is 4.64. The number of H-pyrrole nitrogens is 1. The average molecular weight is 390 g/mol. The highest BCUT2D eigenvalue weighted by atomic mass is 35.5. The Morgan fingerprint density at radius 2 is 1.86 bits per heavy atom. The Hall–Kier alpha value is -3.38. The first-order valence-corrected chi connectivity index (χ1v) is 9.20. The van der Waals surface area contributed by atoms with Crippen molar-refractivity contribution in [3.05, 3.63) is 65.4 Å². The number of rotatable bonds is 4. The van der Waals surface area contributed by atoms with E-state index in [1.54, 1.807) is 13.2 Å². The van der Waals surface area contributed by atoms with Gasteiger partial charge in [0.1, 0.15) is 11.3 Å².